The molecule has 0 unspecified atom stereocenters. The lowest BCUT2D eigenvalue weighted by atomic mass is 9.89. The first-order valence-electron chi connectivity index (χ1n) is 11.4. The molecule has 158 valence electrons. The molecule has 0 aliphatic carbocycles. The number of benzene rings is 2. The van der Waals surface area contributed by atoms with E-state index in [1.807, 2.05) is 12.2 Å². The third kappa shape index (κ3) is 7.02. The van der Waals surface area contributed by atoms with Gasteiger partial charge in [0.05, 0.1) is 0 Å². The summed E-state index contributed by atoms with van der Waals surface area (Å²) in [4.78, 5) is 0. The van der Waals surface area contributed by atoms with Crippen LogP contribution in [0.25, 0.3) is 5.57 Å². The molecule has 2 rings (SSSR count). The minimum atomic E-state index is 0.707. The van der Waals surface area contributed by atoms with E-state index >= 15 is 0 Å². The minimum Gasteiger partial charge on any atom is -0.0991 e. The van der Waals surface area contributed by atoms with Gasteiger partial charge in [-0.2, -0.15) is 0 Å². The highest BCUT2D eigenvalue weighted by Gasteiger charge is 2.10. The Morgan fingerprint density at radius 1 is 0.933 bits per heavy atom. The molecule has 0 nitrogen and oxygen atoms in total. The van der Waals surface area contributed by atoms with Crippen LogP contribution in [-0.2, 0) is 6.42 Å². The van der Waals surface area contributed by atoms with Crippen LogP contribution in [0.2, 0.25) is 0 Å². The van der Waals surface area contributed by atoms with Crippen LogP contribution in [0.1, 0.15) is 74.6 Å². The third-order valence-corrected chi connectivity index (χ3v) is 5.74. The van der Waals surface area contributed by atoms with E-state index in [0.717, 1.165) is 6.42 Å². The van der Waals surface area contributed by atoms with Crippen molar-refractivity contribution in [3.8, 4) is 0 Å². The van der Waals surface area contributed by atoms with Gasteiger partial charge in [0, 0.05) is 0 Å². The number of aryl methyl sites for hydroxylation is 1. The van der Waals surface area contributed by atoms with Crippen LogP contribution in [-0.4, -0.2) is 0 Å². The van der Waals surface area contributed by atoms with Gasteiger partial charge in [0.25, 0.3) is 0 Å². The SMILES string of the molecule is C=C/C=C/C=C(\C(C)=C/Cc1ccc(C(CCC)CCC)cc1)c1ccccc1C. The maximum Gasteiger partial charge on any atom is -0.00915 e. The van der Waals surface area contributed by atoms with Gasteiger partial charge in [0.2, 0.25) is 0 Å². The van der Waals surface area contributed by atoms with Gasteiger partial charge in [-0.05, 0) is 72.4 Å². The summed E-state index contributed by atoms with van der Waals surface area (Å²) in [5.74, 6) is 0.707. The summed E-state index contributed by atoms with van der Waals surface area (Å²) in [5.41, 5.74) is 8.03. The van der Waals surface area contributed by atoms with E-state index in [0.29, 0.717) is 5.92 Å². The highest BCUT2D eigenvalue weighted by molar-refractivity contribution is 5.81. The fourth-order valence-electron chi connectivity index (χ4n) is 4.02. The van der Waals surface area contributed by atoms with Crippen LogP contribution in [0.5, 0.6) is 0 Å². The summed E-state index contributed by atoms with van der Waals surface area (Å²) in [6.45, 7) is 12.7. The fourth-order valence-corrected chi connectivity index (χ4v) is 4.02. The first-order valence-corrected chi connectivity index (χ1v) is 11.4. The van der Waals surface area contributed by atoms with Crippen molar-refractivity contribution in [1.29, 1.82) is 0 Å². The summed E-state index contributed by atoms with van der Waals surface area (Å²) >= 11 is 0. The predicted octanol–water partition coefficient (Wildman–Crippen LogP) is 8.99. The van der Waals surface area contributed by atoms with E-state index in [4.69, 9.17) is 0 Å². The van der Waals surface area contributed by atoms with E-state index in [1.54, 1.807) is 0 Å². The molecular weight excluding hydrogens is 360 g/mol. The summed E-state index contributed by atoms with van der Waals surface area (Å²) in [6.07, 6.45) is 16.4. The highest BCUT2D eigenvalue weighted by Crippen LogP contribution is 2.28. The zero-order valence-electron chi connectivity index (χ0n) is 19.3. The van der Waals surface area contributed by atoms with E-state index in [9.17, 15) is 0 Å². The highest BCUT2D eigenvalue weighted by atomic mass is 14.1. The van der Waals surface area contributed by atoms with Gasteiger partial charge in [-0.15, -0.1) is 0 Å². The molecule has 0 fully saturated rings. The van der Waals surface area contributed by atoms with E-state index < -0.39 is 0 Å². The molecule has 0 heterocycles. The maximum absolute atomic E-state index is 3.78. The average Bonchev–Trinajstić information content (AvgIpc) is 2.76. The number of hydrogen-bond acceptors (Lipinski definition) is 0. The molecule has 0 bridgehead atoms. The molecule has 0 radical (unpaired) electrons. The zero-order chi connectivity index (χ0) is 21.8. The predicted molar refractivity (Wildman–Crippen MR) is 135 cm³/mol. The summed E-state index contributed by atoms with van der Waals surface area (Å²) in [7, 11) is 0. The molecular formula is C30H38. The molecule has 0 aromatic heterocycles. The van der Waals surface area contributed by atoms with Crippen LogP contribution in [0.15, 0.2) is 91.1 Å². The normalized spacial score (nSPS) is 12.7. The van der Waals surface area contributed by atoms with Crippen molar-refractivity contribution < 1.29 is 0 Å². The first kappa shape index (κ1) is 23.7. The molecule has 0 N–H and O–H groups in total. The van der Waals surface area contributed by atoms with Crippen molar-refractivity contribution in [1.82, 2.24) is 0 Å². The second kappa shape index (κ2) is 12.9. The van der Waals surface area contributed by atoms with Crippen molar-refractivity contribution in [3.05, 3.63) is 113 Å². The van der Waals surface area contributed by atoms with E-state index in [1.165, 1.54) is 59.1 Å². The quantitative estimate of drug-likeness (QED) is 0.331. The van der Waals surface area contributed by atoms with E-state index in [-0.39, 0.29) is 0 Å². The Morgan fingerprint density at radius 3 is 2.20 bits per heavy atom. The zero-order valence-corrected chi connectivity index (χ0v) is 19.3. The average molecular weight is 399 g/mol. The summed E-state index contributed by atoms with van der Waals surface area (Å²) in [5, 5.41) is 0. The number of hydrogen-bond donors (Lipinski definition) is 0. The second-order valence-electron chi connectivity index (χ2n) is 8.12. The Kier molecular flexibility index (Phi) is 10.1. The van der Waals surface area contributed by atoms with Crippen molar-refractivity contribution in [2.75, 3.05) is 0 Å². The van der Waals surface area contributed by atoms with Gasteiger partial charge in [0.1, 0.15) is 0 Å². The minimum absolute atomic E-state index is 0.707. The van der Waals surface area contributed by atoms with Gasteiger partial charge in [-0.25, -0.2) is 0 Å². The lowest BCUT2D eigenvalue weighted by Crippen LogP contribution is -1.98. The summed E-state index contributed by atoms with van der Waals surface area (Å²) in [6, 6.07) is 17.9. The smallest absolute Gasteiger partial charge is 0.00915 e. The van der Waals surface area contributed by atoms with Crippen molar-refractivity contribution in [3.63, 3.8) is 0 Å². The topological polar surface area (TPSA) is 0 Å². The monoisotopic (exact) mass is 398 g/mol. The van der Waals surface area contributed by atoms with Gasteiger partial charge < -0.3 is 0 Å². The molecule has 0 saturated carbocycles. The van der Waals surface area contributed by atoms with Crippen LogP contribution >= 0.6 is 0 Å². The lowest BCUT2D eigenvalue weighted by Gasteiger charge is -2.16. The van der Waals surface area contributed by atoms with Gasteiger partial charge >= 0.3 is 0 Å². The molecule has 0 atom stereocenters. The Labute approximate surface area is 184 Å². The van der Waals surface area contributed by atoms with E-state index in [2.05, 4.69) is 101 Å². The molecule has 2 aromatic rings. The molecule has 0 spiro atoms. The largest absolute Gasteiger partial charge is 0.0991 e. The Hall–Kier alpha value is -2.60. The van der Waals surface area contributed by atoms with Crippen LogP contribution < -0.4 is 0 Å². The molecule has 0 amide bonds. The van der Waals surface area contributed by atoms with Crippen molar-refractivity contribution >= 4 is 5.57 Å². The number of rotatable bonds is 11. The third-order valence-electron chi connectivity index (χ3n) is 5.74. The number of allylic oxidation sites excluding steroid dienone is 7. The van der Waals surface area contributed by atoms with Crippen molar-refractivity contribution in [2.24, 2.45) is 0 Å². The molecule has 0 saturated heterocycles. The molecule has 30 heavy (non-hydrogen) atoms. The molecule has 0 aliphatic rings. The fraction of sp³-hybridized carbons (Fsp3) is 0.333. The van der Waals surface area contributed by atoms with Gasteiger partial charge in [0.15, 0.2) is 0 Å². The van der Waals surface area contributed by atoms with Crippen molar-refractivity contribution in [2.45, 2.75) is 65.7 Å². The Morgan fingerprint density at radius 2 is 1.60 bits per heavy atom. The summed E-state index contributed by atoms with van der Waals surface area (Å²) < 4.78 is 0. The molecule has 2 aromatic carbocycles. The van der Waals surface area contributed by atoms with Gasteiger partial charge in [-0.1, -0.05) is 112 Å². The Balaban J connectivity index is 2.21. The van der Waals surface area contributed by atoms with Crippen LogP contribution in [0.4, 0.5) is 0 Å². The first-order chi connectivity index (χ1) is 14.6. The van der Waals surface area contributed by atoms with Crippen LogP contribution in [0, 0.1) is 6.92 Å². The lowest BCUT2D eigenvalue weighted by molar-refractivity contribution is 0.561. The Bertz CT molecular complexity index is 869. The standard InChI is InChI=1S/C30H38/c1-6-9-10-16-30(29-17-12-11-15-24(29)4)25(5)18-19-26-20-22-28(23-21-26)27(13-7-2)14-8-3/h6,9-12,15-18,20-23,27H,1,7-8,13-14,19H2,2-5H3/b10-9+,25-18-,30-16+. The second-order valence-corrected chi connectivity index (χ2v) is 8.12. The maximum atomic E-state index is 3.78. The van der Waals surface area contributed by atoms with Gasteiger partial charge in [-0.3, -0.25) is 0 Å². The molecule has 0 heteroatoms. The van der Waals surface area contributed by atoms with Crippen LogP contribution in [0.3, 0.4) is 0 Å². The molecule has 0 aliphatic heterocycles.